The van der Waals surface area contributed by atoms with Crippen LogP contribution in [0.4, 0.5) is 0 Å². The SMILES string of the molecule is CCCCCCCCCCCCCOP(=O)([O-])OP(=O)([O-])OCCCCCCCCCCCCC.CCCCCCCCCCCCCOP(=O)([O-])OP(=O)([O-])OCCCCCCCCCCCCC.CCCCCCCCCCCCCOP(=O)([O-])OP(=O)([O-])OCCCCCCCCCCCCC.[H+].[H+].[Zr+4]. The van der Waals surface area contributed by atoms with Gasteiger partial charge in [-0.1, -0.05) is 427 Å². The molecular formula is C78H164O21P6Zr. The summed E-state index contributed by atoms with van der Waals surface area (Å²) in [6.07, 6.45) is 75.0. The normalized spacial score (nSPS) is 15.1. The van der Waals surface area contributed by atoms with Gasteiger partial charge in [-0.25, -0.2) is 12.9 Å². The number of unbranched alkanes of at least 4 members (excludes halogenated alkanes) is 60. The molecule has 636 valence electrons. The Morgan fingerprint density at radius 3 is 0.321 bits per heavy atom. The third-order valence-electron chi connectivity index (χ3n) is 18.6. The maximum atomic E-state index is 11.8. The Morgan fingerprint density at radius 1 is 0.160 bits per heavy atom. The predicted molar refractivity (Wildman–Crippen MR) is 426 cm³/mol. The van der Waals surface area contributed by atoms with E-state index in [0.29, 0.717) is 38.5 Å². The molecule has 0 saturated heterocycles. The molecule has 6 unspecified atom stereocenters. The van der Waals surface area contributed by atoms with Crippen LogP contribution in [0.3, 0.4) is 0 Å². The molecule has 0 fully saturated rings. The van der Waals surface area contributed by atoms with Gasteiger partial charge in [0.25, 0.3) is 46.9 Å². The van der Waals surface area contributed by atoms with Crippen molar-refractivity contribution >= 4 is 46.9 Å². The van der Waals surface area contributed by atoms with Gasteiger partial charge in [-0.05, 0) is 38.5 Å². The largest absolute Gasteiger partial charge is 4.00 e. The molecule has 6 atom stereocenters. The van der Waals surface area contributed by atoms with Crippen LogP contribution in [0.1, 0.15) is 468 Å². The van der Waals surface area contributed by atoms with Crippen LogP contribution in [0.5, 0.6) is 0 Å². The van der Waals surface area contributed by atoms with Gasteiger partial charge in [0.15, 0.2) is 0 Å². The summed E-state index contributed by atoms with van der Waals surface area (Å²) in [6.45, 7) is 12.9. The van der Waals surface area contributed by atoms with Gasteiger partial charge in [0, 0.05) is 0 Å². The van der Waals surface area contributed by atoms with Gasteiger partial charge in [0.1, 0.15) is 0 Å². The number of rotatable bonds is 84. The Labute approximate surface area is 673 Å². The van der Waals surface area contributed by atoms with Crippen molar-refractivity contribution in [1.82, 2.24) is 0 Å². The molecule has 0 aromatic rings. The Hall–Kier alpha value is 1.66. The fourth-order valence-corrected chi connectivity index (χ4v) is 18.4. The van der Waals surface area contributed by atoms with Crippen LogP contribution in [-0.2, 0) is 93.7 Å². The zero-order chi connectivity index (χ0) is 78.3. The third-order valence-corrected chi connectivity index (χ3v) is 26.4. The summed E-state index contributed by atoms with van der Waals surface area (Å²) in [4.78, 5) is 70.7. The van der Waals surface area contributed by atoms with Crippen LogP contribution >= 0.6 is 46.9 Å². The van der Waals surface area contributed by atoms with Gasteiger partial charge >= 0.3 is 29.1 Å². The van der Waals surface area contributed by atoms with E-state index in [4.69, 9.17) is 0 Å². The molecule has 106 heavy (non-hydrogen) atoms. The second-order valence-corrected chi connectivity index (χ2v) is 38.0. The zero-order valence-electron chi connectivity index (χ0n) is 70.7. The topological polar surface area (TPSA) is 324 Å². The summed E-state index contributed by atoms with van der Waals surface area (Å²) in [5.41, 5.74) is 0. The van der Waals surface area contributed by atoms with Crippen molar-refractivity contribution < 1.29 is 126 Å². The maximum Gasteiger partial charge on any atom is 4.00 e. The first-order valence-electron chi connectivity index (χ1n) is 43.4. The van der Waals surface area contributed by atoms with Gasteiger partial charge in [0.2, 0.25) is 0 Å². The second kappa shape index (κ2) is 84.6. The van der Waals surface area contributed by atoms with Crippen LogP contribution in [0.25, 0.3) is 0 Å². The van der Waals surface area contributed by atoms with Crippen LogP contribution < -0.4 is 29.4 Å². The smallest absolute Gasteiger partial charge is 0.756 e. The Bertz CT molecular complexity index is 1750. The second-order valence-electron chi connectivity index (χ2n) is 29.1. The molecule has 0 radical (unpaired) electrons. The minimum absolute atomic E-state index is 0. The van der Waals surface area contributed by atoms with Crippen molar-refractivity contribution in [1.29, 1.82) is 0 Å². The molecular weight excluding hydrogens is 1550 g/mol. The molecule has 28 heteroatoms. The van der Waals surface area contributed by atoms with E-state index in [2.05, 4.69) is 81.6 Å². The summed E-state index contributed by atoms with van der Waals surface area (Å²) in [7, 11) is -29.6. The van der Waals surface area contributed by atoms with Crippen molar-refractivity contribution in [3.8, 4) is 0 Å². The standard InChI is InChI=1S/3C26H56O7P2.Zr/c3*1-3-5-7-9-11-13-15-17-19-21-23-25-31-34(27,28)33-35(29,30)32-26-24-22-20-18-16-14-12-10-8-6-4-2;/h3*3-26H2,1-2H3,(H,27,28)(H,29,30);/q;;;+4/p-4. The monoisotopic (exact) mass is 1710 g/mol. The van der Waals surface area contributed by atoms with Crippen molar-refractivity contribution in [3.05, 3.63) is 0 Å². The van der Waals surface area contributed by atoms with E-state index >= 15 is 0 Å². The quantitative estimate of drug-likeness (QED) is 0.0403. The molecule has 0 spiro atoms. The summed E-state index contributed by atoms with van der Waals surface area (Å²) in [5.74, 6) is 0. The number of hydrogen-bond donors (Lipinski definition) is 0. The molecule has 0 heterocycles. The van der Waals surface area contributed by atoms with E-state index in [-0.39, 0.29) is 68.7 Å². The average molecular weight is 1720 g/mol. The van der Waals surface area contributed by atoms with Crippen LogP contribution in [0.15, 0.2) is 0 Å². The minimum atomic E-state index is -4.93. The summed E-state index contributed by atoms with van der Waals surface area (Å²) < 4.78 is 111. The first kappa shape index (κ1) is 114. The summed E-state index contributed by atoms with van der Waals surface area (Å²) >= 11 is 0. The Kier molecular flexibility index (Phi) is 90.9. The van der Waals surface area contributed by atoms with Crippen molar-refractivity contribution in [2.75, 3.05) is 39.6 Å². The van der Waals surface area contributed by atoms with Gasteiger partial charge in [-0.2, -0.15) is 0 Å². The molecule has 21 nitrogen and oxygen atoms in total. The third kappa shape index (κ3) is 96.2. The molecule has 0 rings (SSSR count). The van der Waals surface area contributed by atoms with E-state index in [1.807, 2.05) is 0 Å². The number of hydrogen-bond acceptors (Lipinski definition) is 21. The predicted octanol–water partition coefficient (Wildman–Crippen LogP) is 26.0. The van der Waals surface area contributed by atoms with E-state index in [1.165, 1.54) is 270 Å². The molecule has 0 aliphatic heterocycles. The molecule has 0 aliphatic carbocycles. The number of phosphoric acid groups is 6. The van der Waals surface area contributed by atoms with E-state index in [1.54, 1.807) is 0 Å². The minimum Gasteiger partial charge on any atom is -0.756 e. The maximum absolute atomic E-state index is 11.8. The van der Waals surface area contributed by atoms with Crippen molar-refractivity contribution in [3.63, 3.8) is 0 Å². The Morgan fingerprint density at radius 2 is 0.236 bits per heavy atom. The first-order chi connectivity index (χ1) is 50.5. The molecule has 0 amide bonds. The van der Waals surface area contributed by atoms with Gasteiger partial charge < -0.3 is 56.5 Å². The first-order valence-corrected chi connectivity index (χ1v) is 52.1. The van der Waals surface area contributed by atoms with Gasteiger partial charge in [0.05, 0.1) is 39.6 Å². The van der Waals surface area contributed by atoms with Gasteiger partial charge in [-0.15, -0.1) is 0 Å². The Balaban J connectivity index is -0.000000356. The van der Waals surface area contributed by atoms with Crippen molar-refractivity contribution in [2.45, 2.75) is 465 Å². The molecule has 0 saturated carbocycles. The molecule has 0 aromatic carbocycles. The zero-order valence-corrected chi connectivity index (χ0v) is 76.5. The van der Waals surface area contributed by atoms with E-state index in [9.17, 15) is 56.8 Å². The fourth-order valence-electron chi connectivity index (χ4n) is 12.2. The molecule has 0 bridgehead atoms. The average Bonchev–Trinajstić information content (AvgIpc) is 0.885. The van der Waals surface area contributed by atoms with Crippen LogP contribution in [0.2, 0.25) is 0 Å². The van der Waals surface area contributed by atoms with E-state index in [0.717, 1.165) is 116 Å². The molecule has 0 aliphatic rings. The molecule has 0 aromatic heterocycles. The van der Waals surface area contributed by atoms with Crippen LogP contribution in [-0.4, -0.2) is 39.6 Å². The summed E-state index contributed by atoms with van der Waals surface area (Å²) in [5, 5.41) is 0. The fraction of sp³-hybridized carbons (Fsp3) is 1.00. The summed E-state index contributed by atoms with van der Waals surface area (Å²) in [6, 6.07) is 0. The number of phosphoric ester groups is 6. The van der Waals surface area contributed by atoms with Gasteiger partial charge in [-0.3, -0.25) is 27.4 Å². The molecule has 0 N–H and O–H groups in total. The van der Waals surface area contributed by atoms with Crippen LogP contribution in [0, 0.1) is 0 Å². The van der Waals surface area contributed by atoms with E-state index < -0.39 is 46.9 Å². The van der Waals surface area contributed by atoms with Crippen molar-refractivity contribution in [2.24, 2.45) is 0 Å².